The standard InChI is InChI=1S/C19H19ClFNO4/c1-13-9-15(20)7-8-17(13)25-12-19(24)26-11-18(23)22(2)10-14-5-3-4-6-16(14)21/h3-9H,10-12H2,1-2H3. The average Bonchev–Trinajstić information content (AvgIpc) is 2.60. The Kier molecular flexibility index (Phi) is 6.97. The molecule has 2 aromatic carbocycles. The molecule has 5 nitrogen and oxygen atoms in total. The van der Waals surface area contributed by atoms with Crippen LogP contribution in [0.25, 0.3) is 0 Å². The topological polar surface area (TPSA) is 55.8 Å². The van der Waals surface area contributed by atoms with E-state index in [1.165, 1.54) is 18.0 Å². The molecule has 0 aromatic heterocycles. The number of benzene rings is 2. The largest absolute Gasteiger partial charge is 0.482 e. The summed E-state index contributed by atoms with van der Waals surface area (Å²) in [7, 11) is 1.51. The lowest BCUT2D eigenvalue weighted by molar-refractivity contribution is -0.153. The highest BCUT2D eigenvalue weighted by Gasteiger charge is 2.14. The van der Waals surface area contributed by atoms with Crippen LogP contribution in [0, 0.1) is 12.7 Å². The average molecular weight is 380 g/mol. The Hall–Kier alpha value is -2.60. The fourth-order valence-electron chi connectivity index (χ4n) is 2.18. The van der Waals surface area contributed by atoms with E-state index in [1.807, 2.05) is 0 Å². The molecule has 2 aromatic rings. The van der Waals surface area contributed by atoms with Gasteiger partial charge in [-0.05, 0) is 36.8 Å². The molecule has 0 aliphatic rings. The van der Waals surface area contributed by atoms with Crippen molar-refractivity contribution in [3.8, 4) is 5.75 Å². The zero-order chi connectivity index (χ0) is 19.1. The predicted octanol–water partition coefficient (Wildman–Crippen LogP) is 3.37. The second-order valence-corrected chi connectivity index (χ2v) is 6.14. The number of hydrogen-bond acceptors (Lipinski definition) is 4. The van der Waals surface area contributed by atoms with Gasteiger partial charge in [0.1, 0.15) is 11.6 Å². The highest BCUT2D eigenvalue weighted by atomic mass is 35.5. The summed E-state index contributed by atoms with van der Waals surface area (Å²) in [6, 6.07) is 11.2. The predicted molar refractivity (Wildman–Crippen MR) is 95.5 cm³/mol. The van der Waals surface area contributed by atoms with E-state index in [-0.39, 0.29) is 13.2 Å². The SMILES string of the molecule is Cc1cc(Cl)ccc1OCC(=O)OCC(=O)N(C)Cc1ccccc1F. The number of hydrogen-bond donors (Lipinski definition) is 0. The first-order chi connectivity index (χ1) is 12.4. The van der Waals surface area contributed by atoms with E-state index in [2.05, 4.69) is 0 Å². The number of carbonyl (C=O) groups is 2. The van der Waals surface area contributed by atoms with E-state index in [4.69, 9.17) is 21.1 Å². The quantitative estimate of drug-likeness (QED) is 0.692. The van der Waals surface area contributed by atoms with Gasteiger partial charge in [-0.25, -0.2) is 9.18 Å². The first-order valence-electron chi connectivity index (χ1n) is 7.88. The fraction of sp³-hybridized carbons (Fsp3) is 0.263. The Balaban J connectivity index is 1.77. The summed E-state index contributed by atoms with van der Waals surface area (Å²) in [5.41, 5.74) is 1.17. The Morgan fingerprint density at radius 1 is 1.15 bits per heavy atom. The molecule has 2 rings (SSSR count). The van der Waals surface area contributed by atoms with Crippen LogP contribution >= 0.6 is 11.6 Å². The minimum atomic E-state index is -0.674. The molecule has 1 amide bonds. The molecule has 0 saturated carbocycles. The number of carbonyl (C=O) groups excluding carboxylic acids is 2. The lowest BCUT2D eigenvalue weighted by Gasteiger charge is -2.17. The number of likely N-dealkylation sites (N-methyl/N-ethyl adjacent to an activating group) is 1. The van der Waals surface area contributed by atoms with E-state index >= 15 is 0 Å². The van der Waals surface area contributed by atoms with Crippen LogP contribution in [0.15, 0.2) is 42.5 Å². The molecule has 26 heavy (non-hydrogen) atoms. The summed E-state index contributed by atoms with van der Waals surface area (Å²) in [4.78, 5) is 25.0. The molecule has 0 unspecified atom stereocenters. The third kappa shape index (κ3) is 5.74. The van der Waals surface area contributed by atoms with Crippen LogP contribution in [0.4, 0.5) is 4.39 Å². The van der Waals surface area contributed by atoms with Gasteiger partial charge in [-0.2, -0.15) is 0 Å². The van der Waals surface area contributed by atoms with E-state index in [9.17, 15) is 14.0 Å². The summed E-state index contributed by atoms with van der Waals surface area (Å²) in [6.45, 7) is 1.12. The molecule has 0 heterocycles. The summed E-state index contributed by atoms with van der Waals surface area (Å²) in [5, 5.41) is 0.570. The van der Waals surface area contributed by atoms with Crippen molar-refractivity contribution in [1.82, 2.24) is 4.90 Å². The smallest absolute Gasteiger partial charge is 0.344 e. The molecule has 0 aliphatic heterocycles. The first-order valence-corrected chi connectivity index (χ1v) is 8.26. The molecular formula is C19H19ClFNO4. The minimum absolute atomic E-state index is 0.0868. The van der Waals surface area contributed by atoms with Crippen LogP contribution in [0.3, 0.4) is 0 Å². The normalized spacial score (nSPS) is 10.3. The van der Waals surface area contributed by atoms with E-state index in [0.717, 1.165) is 5.56 Å². The van der Waals surface area contributed by atoms with Gasteiger partial charge in [0.25, 0.3) is 5.91 Å². The summed E-state index contributed by atoms with van der Waals surface area (Å²) in [6.07, 6.45) is 0. The van der Waals surface area contributed by atoms with Crippen LogP contribution in [0.5, 0.6) is 5.75 Å². The minimum Gasteiger partial charge on any atom is -0.482 e. The van der Waals surface area contributed by atoms with Crippen molar-refractivity contribution in [2.45, 2.75) is 13.5 Å². The van der Waals surface area contributed by atoms with Crippen LogP contribution in [-0.4, -0.2) is 37.0 Å². The Bertz CT molecular complexity index is 797. The number of rotatable bonds is 7. The summed E-state index contributed by atoms with van der Waals surface area (Å²) in [5.74, 6) is -0.999. The summed E-state index contributed by atoms with van der Waals surface area (Å²) < 4.78 is 23.9. The number of aryl methyl sites for hydroxylation is 1. The van der Waals surface area contributed by atoms with Gasteiger partial charge in [-0.1, -0.05) is 29.8 Å². The third-order valence-electron chi connectivity index (χ3n) is 3.63. The van der Waals surface area contributed by atoms with E-state index in [1.54, 1.807) is 43.3 Å². The lowest BCUT2D eigenvalue weighted by atomic mass is 10.2. The lowest BCUT2D eigenvalue weighted by Crippen LogP contribution is -2.32. The number of halogens is 2. The van der Waals surface area contributed by atoms with Crippen LogP contribution in [-0.2, 0) is 20.9 Å². The van der Waals surface area contributed by atoms with E-state index < -0.39 is 24.3 Å². The highest BCUT2D eigenvalue weighted by Crippen LogP contribution is 2.21. The first kappa shape index (κ1) is 19.7. The maximum atomic E-state index is 13.6. The van der Waals surface area contributed by atoms with Gasteiger partial charge >= 0.3 is 5.97 Å². The second-order valence-electron chi connectivity index (χ2n) is 5.70. The molecule has 0 fully saturated rings. The number of esters is 1. The summed E-state index contributed by atoms with van der Waals surface area (Å²) >= 11 is 5.85. The van der Waals surface area contributed by atoms with Gasteiger partial charge in [-0.3, -0.25) is 4.79 Å². The molecule has 0 radical (unpaired) electrons. The zero-order valence-electron chi connectivity index (χ0n) is 14.5. The van der Waals surface area contributed by atoms with Crippen molar-refractivity contribution in [1.29, 1.82) is 0 Å². The monoisotopic (exact) mass is 379 g/mol. The molecule has 138 valence electrons. The molecule has 0 spiro atoms. The molecule has 0 atom stereocenters. The molecule has 0 aliphatic carbocycles. The fourth-order valence-corrected chi connectivity index (χ4v) is 2.40. The molecule has 0 N–H and O–H groups in total. The molecule has 0 saturated heterocycles. The van der Waals surface area contributed by atoms with Crippen molar-refractivity contribution < 1.29 is 23.5 Å². The number of ether oxygens (including phenoxy) is 2. The van der Waals surface area contributed by atoms with Crippen LogP contribution < -0.4 is 4.74 Å². The van der Waals surface area contributed by atoms with Gasteiger partial charge in [0, 0.05) is 24.2 Å². The number of nitrogens with zero attached hydrogens (tertiary/aromatic N) is 1. The van der Waals surface area contributed by atoms with Gasteiger partial charge in [0.15, 0.2) is 13.2 Å². The molecule has 7 heteroatoms. The second kappa shape index (κ2) is 9.20. The number of amides is 1. The van der Waals surface area contributed by atoms with Crippen molar-refractivity contribution in [3.05, 3.63) is 64.4 Å². The van der Waals surface area contributed by atoms with Gasteiger partial charge in [-0.15, -0.1) is 0 Å². The van der Waals surface area contributed by atoms with Gasteiger partial charge in [0.05, 0.1) is 0 Å². The molecular weight excluding hydrogens is 361 g/mol. The van der Waals surface area contributed by atoms with Crippen molar-refractivity contribution in [2.24, 2.45) is 0 Å². The van der Waals surface area contributed by atoms with E-state index in [0.29, 0.717) is 16.3 Å². The highest BCUT2D eigenvalue weighted by molar-refractivity contribution is 6.30. The Labute approximate surface area is 156 Å². The molecule has 0 bridgehead atoms. The zero-order valence-corrected chi connectivity index (χ0v) is 15.3. The third-order valence-corrected chi connectivity index (χ3v) is 3.87. The Morgan fingerprint density at radius 2 is 1.88 bits per heavy atom. The van der Waals surface area contributed by atoms with Crippen molar-refractivity contribution in [2.75, 3.05) is 20.3 Å². The Morgan fingerprint density at radius 3 is 2.58 bits per heavy atom. The van der Waals surface area contributed by atoms with Crippen molar-refractivity contribution >= 4 is 23.5 Å². The van der Waals surface area contributed by atoms with Crippen LogP contribution in [0.2, 0.25) is 5.02 Å². The maximum absolute atomic E-state index is 13.6. The van der Waals surface area contributed by atoms with Gasteiger partial charge < -0.3 is 14.4 Å². The maximum Gasteiger partial charge on any atom is 0.344 e. The van der Waals surface area contributed by atoms with Gasteiger partial charge in [0.2, 0.25) is 0 Å². The van der Waals surface area contributed by atoms with Crippen molar-refractivity contribution in [3.63, 3.8) is 0 Å². The van der Waals surface area contributed by atoms with Crippen LogP contribution in [0.1, 0.15) is 11.1 Å².